The molecule has 0 heterocycles. The number of hydrogen-bond donors (Lipinski definition) is 0. The third kappa shape index (κ3) is 4.17. The lowest BCUT2D eigenvalue weighted by molar-refractivity contribution is -0.134. The maximum atomic E-state index is 11.1. The number of rotatable bonds is 6. The van der Waals surface area contributed by atoms with E-state index in [-0.39, 0.29) is 12.9 Å². The first kappa shape index (κ1) is 11.1. The second kappa shape index (κ2) is 5.70. The van der Waals surface area contributed by atoms with Crippen LogP contribution in [0.4, 0.5) is 0 Å². The SMILES string of the molecule is O=CC(=O)CC(=O)COc1ccccc1. The van der Waals surface area contributed by atoms with E-state index in [0.29, 0.717) is 5.75 Å². The lowest BCUT2D eigenvalue weighted by atomic mass is 10.2. The van der Waals surface area contributed by atoms with Gasteiger partial charge in [-0.05, 0) is 12.1 Å². The number of benzene rings is 1. The van der Waals surface area contributed by atoms with Gasteiger partial charge in [0, 0.05) is 0 Å². The van der Waals surface area contributed by atoms with Crippen molar-refractivity contribution < 1.29 is 19.1 Å². The minimum atomic E-state index is -0.725. The van der Waals surface area contributed by atoms with E-state index in [9.17, 15) is 14.4 Å². The molecule has 0 saturated heterocycles. The van der Waals surface area contributed by atoms with Crippen molar-refractivity contribution in [2.75, 3.05) is 6.61 Å². The van der Waals surface area contributed by atoms with Crippen molar-refractivity contribution in [3.05, 3.63) is 30.3 Å². The average molecular weight is 206 g/mol. The standard InChI is InChI=1S/C11H10O4/c12-7-9(13)6-10(14)8-15-11-4-2-1-3-5-11/h1-5,7H,6,8H2. The first-order chi connectivity index (χ1) is 7.22. The van der Waals surface area contributed by atoms with E-state index in [1.165, 1.54) is 0 Å². The summed E-state index contributed by atoms with van der Waals surface area (Å²) < 4.78 is 5.10. The van der Waals surface area contributed by atoms with Gasteiger partial charge in [-0.2, -0.15) is 0 Å². The Balaban J connectivity index is 2.35. The molecule has 0 aromatic heterocycles. The average Bonchev–Trinajstić information content (AvgIpc) is 2.27. The highest BCUT2D eigenvalue weighted by Gasteiger charge is 2.08. The van der Waals surface area contributed by atoms with Gasteiger partial charge in [0.25, 0.3) is 0 Å². The predicted molar refractivity (Wildman–Crippen MR) is 52.6 cm³/mol. The second-order valence-corrected chi connectivity index (χ2v) is 2.90. The maximum Gasteiger partial charge on any atom is 0.202 e. The lowest BCUT2D eigenvalue weighted by Gasteiger charge is -2.03. The van der Waals surface area contributed by atoms with Crippen LogP contribution in [0.5, 0.6) is 5.75 Å². The van der Waals surface area contributed by atoms with Crippen LogP contribution in [0.1, 0.15) is 6.42 Å². The van der Waals surface area contributed by atoms with Crippen LogP contribution in [0.25, 0.3) is 0 Å². The normalized spacial score (nSPS) is 9.33. The third-order valence-corrected chi connectivity index (χ3v) is 1.65. The number of ether oxygens (including phenoxy) is 1. The number of hydrogen-bond acceptors (Lipinski definition) is 4. The summed E-state index contributed by atoms with van der Waals surface area (Å²) in [5, 5.41) is 0. The molecule has 0 aliphatic heterocycles. The molecule has 1 rings (SSSR count). The molecular formula is C11H10O4. The topological polar surface area (TPSA) is 60.4 Å². The van der Waals surface area contributed by atoms with Gasteiger partial charge < -0.3 is 4.74 Å². The molecule has 15 heavy (non-hydrogen) atoms. The van der Waals surface area contributed by atoms with E-state index in [4.69, 9.17) is 4.74 Å². The van der Waals surface area contributed by atoms with Gasteiger partial charge in [0.05, 0.1) is 6.42 Å². The number of carbonyl (C=O) groups is 3. The van der Waals surface area contributed by atoms with Gasteiger partial charge in [-0.1, -0.05) is 18.2 Å². The van der Waals surface area contributed by atoms with Gasteiger partial charge >= 0.3 is 0 Å². The highest BCUT2D eigenvalue weighted by molar-refractivity contribution is 6.29. The van der Waals surface area contributed by atoms with Gasteiger partial charge in [-0.3, -0.25) is 14.4 Å². The van der Waals surface area contributed by atoms with Crippen LogP contribution in [0.3, 0.4) is 0 Å². The monoisotopic (exact) mass is 206 g/mol. The Morgan fingerprint density at radius 3 is 2.47 bits per heavy atom. The number of Topliss-reactive ketones (excluding diaryl/α,β-unsaturated/α-hetero) is 2. The Hall–Kier alpha value is -1.97. The van der Waals surface area contributed by atoms with Crippen LogP contribution < -0.4 is 4.74 Å². The maximum absolute atomic E-state index is 11.1. The minimum Gasteiger partial charge on any atom is -0.486 e. The summed E-state index contributed by atoms with van der Waals surface area (Å²) in [5.41, 5.74) is 0. The predicted octanol–water partition coefficient (Wildman–Crippen LogP) is 0.793. The fourth-order valence-corrected chi connectivity index (χ4v) is 0.968. The Labute approximate surface area is 86.9 Å². The van der Waals surface area contributed by atoms with Crippen molar-refractivity contribution in [3.63, 3.8) is 0 Å². The Morgan fingerprint density at radius 1 is 1.20 bits per heavy atom. The molecule has 0 bridgehead atoms. The smallest absolute Gasteiger partial charge is 0.202 e. The zero-order valence-corrected chi connectivity index (χ0v) is 8.01. The summed E-state index contributed by atoms with van der Waals surface area (Å²) in [5.74, 6) is -0.572. The van der Waals surface area contributed by atoms with Crippen LogP contribution in [-0.4, -0.2) is 24.5 Å². The molecule has 0 aliphatic carbocycles. The van der Waals surface area contributed by atoms with Crippen LogP contribution >= 0.6 is 0 Å². The molecule has 1 aromatic carbocycles. The van der Waals surface area contributed by atoms with Crippen LogP contribution in [0.2, 0.25) is 0 Å². The van der Waals surface area contributed by atoms with Gasteiger partial charge in [-0.25, -0.2) is 0 Å². The zero-order valence-electron chi connectivity index (χ0n) is 8.01. The van der Waals surface area contributed by atoms with E-state index in [1.807, 2.05) is 6.07 Å². The van der Waals surface area contributed by atoms with Crippen LogP contribution in [-0.2, 0) is 14.4 Å². The molecule has 0 atom stereocenters. The van der Waals surface area contributed by atoms with Gasteiger partial charge in [0.2, 0.25) is 5.78 Å². The molecular weight excluding hydrogens is 196 g/mol. The molecule has 4 nitrogen and oxygen atoms in total. The molecule has 0 unspecified atom stereocenters. The highest BCUT2D eigenvalue weighted by atomic mass is 16.5. The van der Waals surface area contributed by atoms with Crippen molar-refractivity contribution in [2.45, 2.75) is 6.42 Å². The Morgan fingerprint density at radius 2 is 1.87 bits per heavy atom. The quantitative estimate of drug-likeness (QED) is 0.392. The van der Waals surface area contributed by atoms with Gasteiger partial charge in [0.15, 0.2) is 12.1 Å². The molecule has 4 heteroatoms. The highest BCUT2D eigenvalue weighted by Crippen LogP contribution is 2.07. The molecule has 1 aromatic rings. The molecule has 0 radical (unpaired) electrons. The lowest BCUT2D eigenvalue weighted by Crippen LogP contribution is -2.16. The fourth-order valence-electron chi connectivity index (χ4n) is 0.968. The Bertz CT molecular complexity index is 356. The van der Waals surface area contributed by atoms with Crippen molar-refractivity contribution in [1.29, 1.82) is 0 Å². The largest absolute Gasteiger partial charge is 0.486 e. The summed E-state index contributed by atoms with van der Waals surface area (Å²) in [6.45, 7) is -0.191. The second-order valence-electron chi connectivity index (χ2n) is 2.90. The van der Waals surface area contributed by atoms with E-state index >= 15 is 0 Å². The third-order valence-electron chi connectivity index (χ3n) is 1.65. The first-order valence-electron chi connectivity index (χ1n) is 4.40. The summed E-state index contributed by atoms with van der Waals surface area (Å²) in [6, 6.07) is 8.78. The van der Waals surface area contributed by atoms with Gasteiger partial charge in [-0.15, -0.1) is 0 Å². The fraction of sp³-hybridized carbons (Fsp3) is 0.182. The van der Waals surface area contributed by atoms with E-state index in [1.54, 1.807) is 24.3 Å². The van der Waals surface area contributed by atoms with E-state index < -0.39 is 18.0 Å². The van der Waals surface area contributed by atoms with Crippen molar-refractivity contribution in [2.24, 2.45) is 0 Å². The van der Waals surface area contributed by atoms with Crippen molar-refractivity contribution in [3.8, 4) is 5.75 Å². The zero-order chi connectivity index (χ0) is 11.1. The van der Waals surface area contributed by atoms with Crippen LogP contribution in [0.15, 0.2) is 30.3 Å². The number of aldehydes is 1. The molecule has 78 valence electrons. The molecule has 0 fully saturated rings. The minimum absolute atomic E-state index is 0.139. The van der Waals surface area contributed by atoms with Crippen molar-refractivity contribution >= 4 is 17.9 Å². The van der Waals surface area contributed by atoms with Crippen molar-refractivity contribution in [1.82, 2.24) is 0 Å². The van der Waals surface area contributed by atoms with E-state index in [0.717, 1.165) is 0 Å². The summed E-state index contributed by atoms with van der Waals surface area (Å²) in [7, 11) is 0. The summed E-state index contributed by atoms with van der Waals surface area (Å²) in [6.07, 6.45) is -0.253. The number of para-hydroxylation sites is 1. The molecule has 0 amide bonds. The first-order valence-corrected chi connectivity index (χ1v) is 4.40. The summed E-state index contributed by atoms with van der Waals surface area (Å²) >= 11 is 0. The molecule has 0 aliphatic rings. The Kier molecular flexibility index (Phi) is 4.22. The molecule has 0 N–H and O–H groups in total. The van der Waals surface area contributed by atoms with Gasteiger partial charge in [0.1, 0.15) is 12.4 Å². The van der Waals surface area contributed by atoms with Crippen LogP contribution in [0, 0.1) is 0 Å². The molecule has 0 saturated carbocycles. The molecule has 0 spiro atoms. The summed E-state index contributed by atoms with van der Waals surface area (Å²) in [4.78, 5) is 31.6. The number of carbonyl (C=O) groups excluding carboxylic acids is 3. The van der Waals surface area contributed by atoms with E-state index in [2.05, 4.69) is 0 Å². The number of ketones is 2.